The highest BCUT2D eigenvalue weighted by Gasteiger charge is 2.30. The molecule has 0 fully saturated rings. The summed E-state index contributed by atoms with van der Waals surface area (Å²) in [6.07, 6.45) is 3.11. The van der Waals surface area contributed by atoms with Gasteiger partial charge in [-0.25, -0.2) is 4.68 Å². The fraction of sp³-hybridized carbons (Fsp3) is 0.222. The van der Waals surface area contributed by atoms with Crippen LogP contribution < -0.4 is 4.74 Å². The van der Waals surface area contributed by atoms with Crippen LogP contribution in [-0.2, 0) is 6.42 Å². The Bertz CT molecular complexity index is 835. The minimum Gasteiger partial charge on any atom is -0.497 e. The van der Waals surface area contributed by atoms with E-state index in [9.17, 15) is 4.79 Å². The Morgan fingerprint density at radius 2 is 2.04 bits per heavy atom. The van der Waals surface area contributed by atoms with Crippen LogP contribution >= 0.6 is 11.3 Å². The molecule has 1 aromatic carbocycles. The summed E-state index contributed by atoms with van der Waals surface area (Å²) in [5, 5.41) is 6.51. The van der Waals surface area contributed by atoms with Gasteiger partial charge in [-0.2, -0.15) is 5.10 Å². The number of fused-ring (bicyclic) bond motifs is 1. The van der Waals surface area contributed by atoms with Crippen LogP contribution in [0.1, 0.15) is 33.3 Å². The first-order chi connectivity index (χ1) is 11.3. The van der Waals surface area contributed by atoms with Crippen molar-refractivity contribution in [3.63, 3.8) is 0 Å². The first-order valence-corrected chi connectivity index (χ1v) is 8.42. The number of hydrogen-bond donors (Lipinski definition) is 0. The van der Waals surface area contributed by atoms with Gasteiger partial charge in [0.05, 0.1) is 30.3 Å². The number of hydrogen-bond acceptors (Lipinski definition) is 4. The Kier molecular flexibility index (Phi) is 3.50. The molecule has 1 aliphatic carbocycles. The molecule has 4 nitrogen and oxygen atoms in total. The van der Waals surface area contributed by atoms with E-state index in [2.05, 4.69) is 16.5 Å². The fourth-order valence-corrected chi connectivity index (χ4v) is 3.94. The molecule has 1 unspecified atom stereocenters. The third kappa shape index (κ3) is 2.47. The normalized spacial score (nSPS) is 17.1. The monoisotopic (exact) mass is 324 g/mol. The van der Waals surface area contributed by atoms with E-state index in [1.54, 1.807) is 24.6 Å². The topological polar surface area (TPSA) is 44.1 Å². The number of methoxy groups -OCH3 is 1. The van der Waals surface area contributed by atoms with Crippen molar-refractivity contribution in [3.8, 4) is 11.4 Å². The standard InChI is InChI=1S/C18H16N2O2S/c1-22-14-6-4-13(5-7-14)20-16-9-12(18-3-2-8-23-18)10-17(21)15(16)11-19-20/h2-8,11-12H,9-10H2,1H3. The molecule has 1 atom stereocenters. The SMILES string of the molecule is COc1ccc(-n2ncc3c2CC(c2cccs2)CC3=O)cc1. The van der Waals surface area contributed by atoms with Gasteiger partial charge in [0.15, 0.2) is 5.78 Å². The lowest BCUT2D eigenvalue weighted by Gasteiger charge is -2.21. The summed E-state index contributed by atoms with van der Waals surface area (Å²) in [5.41, 5.74) is 2.71. The summed E-state index contributed by atoms with van der Waals surface area (Å²) in [6, 6.07) is 11.9. The quantitative estimate of drug-likeness (QED) is 0.735. The largest absolute Gasteiger partial charge is 0.497 e. The lowest BCUT2D eigenvalue weighted by molar-refractivity contribution is 0.0964. The number of Topliss-reactive ketones (excluding diaryl/α,β-unsaturated/α-hetero) is 1. The molecule has 4 rings (SSSR count). The minimum absolute atomic E-state index is 0.185. The number of carbonyl (C=O) groups excluding carboxylic acids is 1. The van der Waals surface area contributed by atoms with E-state index in [4.69, 9.17) is 4.74 Å². The van der Waals surface area contributed by atoms with E-state index < -0.39 is 0 Å². The first kappa shape index (κ1) is 14.2. The lowest BCUT2D eigenvalue weighted by Crippen LogP contribution is -2.19. The predicted octanol–water partition coefficient (Wildman–Crippen LogP) is 3.86. The summed E-state index contributed by atoms with van der Waals surface area (Å²) >= 11 is 1.72. The van der Waals surface area contributed by atoms with Gasteiger partial charge in [-0.05, 0) is 42.1 Å². The van der Waals surface area contributed by atoms with Crippen LogP contribution in [0, 0.1) is 0 Å². The number of rotatable bonds is 3. The van der Waals surface area contributed by atoms with Gasteiger partial charge in [0, 0.05) is 17.2 Å². The molecule has 0 saturated carbocycles. The molecule has 0 N–H and O–H groups in total. The summed E-state index contributed by atoms with van der Waals surface area (Å²) < 4.78 is 7.08. The van der Waals surface area contributed by atoms with Crippen molar-refractivity contribution < 1.29 is 9.53 Å². The minimum atomic E-state index is 0.185. The highest BCUT2D eigenvalue weighted by atomic mass is 32.1. The molecule has 3 aromatic rings. The van der Waals surface area contributed by atoms with Gasteiger partial charge in [0.2, 0.25) is 0 Å². The van der Waals surface area contributed by atoms with E-state index in [1.165, 1.54) is 4.88 Å². The van der Waals surface area contributed by atoms with Crippen LogP contribution in [0.25, 0.3) is 5.69 Å². The van der Waals surface area contributed by atoms with Crippen molar-refractivity contribution in [1.29, 1.82) is 0 Å². The fourth-order valence-electron chi connectivity index (χ4n) is 3.11. The van der Waals surface area contributed by atoms with Crippen molar-refractivity contribution in [2.45, 2.75) is 18.8 Å². The second-order valence-corrected chi connectivity index (χ2v) is 6.64. The molecule has 23 heavy (non-hydrogen) atoms. The molecule has 0 saturated heterocycles. The van der Waals surface area contributed by atoms with Crippen LogP contribution in [0.5, 0.6) is 5.75 Å². The number of carbonyl (C=O) groups is 1. The van der Waals surface area contributed by atoms with Gasteiger partial charge < -0.3 is 4.74 Å². The Labute approximate surface area is 138 Å². The number of thiophene rings is 1. The smallest absolute Gasteiger partial charge is 0.166 e. The zero-order chi connectivity index (χ0) is 15.8. The molecular formula is C18H16N2O2S. The molecule has 2 aromatic heterocycles. The maximum absolute atomic E-state index is 12.5. The molecule has 2 heterocycles. The second-order valence-electron chi connectivity index (χ2n) is 5.66. The molecule has 116 valence electrons. The Hall–Kier alpha value is -2.40. The molecule has 0 amide bonds. The van der Waals surface area contributed by atoms with Gasteiger partial charge >= 0.3 is 0 Å². The zero-order valence-corrected chi connectivity index (χ0v) is 13.5. The van der Waals surface area contributed by atoms with Gasteiger partial charge in [-0.1, -0.05) is 6.07 Å². The van der Waals surface area contributed by atoms with Crippen LogP contribution in [0.15, 0.2) is 48.0 Å². The van der Waals surface area contributed by atoms with Crippen LogP contribution in [0.4, 0.5) is 0 Å². The summed E-state index contributed by atoms with van der Waals surface area (Å²) in [6.45, 7) is 0. The van der Waals surface area contributed by atoms with E-state index in [1.807, 2.05) is 35.0 Å². The number of ketones is 1. The number of ether oxygens (including phenoxy) is 1. The van der Waals surface area contributed by atoms with Gasteiger partial charge in [0.1, 0.15) is 5.75 Å². The third-order valence-electron chi connectivity index (χ3n) is 4.30. The molecule has 5 heteroatoms. The van der Waals surface area contributed by atoms with Crippen LogP contribution in [-0.4, -0.2) is 22.7 Å². The van der Waals surface area contributed by atoms with Crippen molar-refractivity contribution in [2.75, 3.05) is 7.11 Å². The van der Waals surface area contributed by atoms with Gasteiger partial charge in [-0.3, -0.25) is 4.79 Å². The first-order valence-electron chi connectivity index (χ1n) is 7.54. The number of benzene rings is 1. The van der Waals surface area contributed by atoms with Crippen molar-refractivity contribution >= 4 is 17.1 Å². The molecule has 0 bridgehead atoms. The van der Waals surface area contributed by atoms with Crippen molar-refractivity contribution in [1.82, 2.24) is 9.78 Å². The van der Waals surface area contributed by atoms with Crippen molar-refractivity contribution in [2.24, 2.45) is 0 Å². The number of nitrogens with zero attached hydrogens (tertiary/aromatic N) is 2. The second kappa shape index (κ2) is 5.66. The summed E-state index contributed by atoms with van der Waals surface area (Å²) in [5.74, 6) is 1.25. The molecule has 0 radical (unpaired) electrons. The third-order valence-corrected chi connectivity index (χ3v) is 5.34. The zero-order valence-electron chi connectivity index (χ0n) is 12.7. The van der Waals surface area contributed by atoms with E-state index >= 15 is 0 Å². The van der Waals surface area contributed by atoms with Gasteiger partial charge in [-0.15, -0.1) is 11.3 Å². The average Bonchev–Trinajstić information content (AvgIpc) is 3.24. The molecule has 1 aliphatic rings. The lowest BCUT2D eigenvalue weighted by atomic mass is 9.86. The van der Waals surface area contributed by atoms with E-state index in [-0.39, 0.29) is 11.7 Å². The Morgan fingerprint density at radius 3 is 2.74 bits per heavy atom. The highest BCUT2D eigenvalue weighted by Crippen LogP contribution is 2.35. The molecule has 0 aliphatic heterocycles. The molecule has 0 spiro atoms. The number of aromatic nitrogens is 2. The Balaban J connectivity index is 1.73. The highest BCUT2D eigenvalue weighted by molar-refractivity contribution is 7.10. The van der Waals surface area contributed by atoms with E-state index in [0.29, 0.717) is 6.42 Å². The van der Waals surface area contributed by atoms with Gasteiger partial charge in [0.25, 0.3) is 0 Å². The maximum atomic E-state index is 12.5. The average molecular weight is 324 g/mol. The van der Waals surface area contributed by atoms with Crippen molar-refractivity contribution in [3.05, 3.63) is 64.1 Å². The van der Waals surface area contributed by atoms with Crippen LogP contribution in [0.2, 0.25) is 0 Å². The van der Waals surface area contributed by atoms with E-state index in [0.717, 1.165) is 29.1 Å². The summed E-state index contributed by atoms with van der Waals surface area (Å²) in [4.78, 5) is 13.7. The molecular weight excluding hydrogens is 308 g/mol. The predicted molar refractivity (Wildman–Crippen MR) is 89.8 cm³/mol. The van der Waals surface area contributed by atoms with Crippen LogP contribution in [0.3, 0.4) is 0 Å². The maximum Gasteiger partial charge on any atom is 0.166 e. The Morgan fingerprint density at radius 1 is 1.22 bits per heavy atom. The summed E-state index contributed by atoms with van der Waals surface area (Å²) in [7, 11) is 1.65.